The van der Waals surface area contributed by atoms with Gasteiger partial charge >= 0.3 is 5.91 Å². The molecule has 1 N–H and O–H groups in total. The smallest absolute Gasteiger partial charge is 0.301 e. The van der Waals surface area contributed by atoms with Crippen molar-refractivity contribution in [2.75, 3.05) is 25.2 Å². The molecule has 8 nitrogen and oxygen atoms in total. The van der Waals surface area contributed by atoms with E-state index in [1.54, 1.807) is 42.5 Å². The molecule has 2 heterocycles. The summed E-state index contributed by atoms with van der Waals surface area (Å²) < 4.78 is 16.6. The van der Waals surface area contributed by atoms with Crippen LogP contribution in [-0.4, -0.2) is 42.1 Å². The number of aliphatic hydroxyl groups is 1. The van der Waals surface area contributed by atoms with Gasteiger partial charge in [0, 0.05) is 10.4 Å². The van der Waals surface area contributed by atoms with E-state index in [9.17, 15) is 14.7 Å². The number of aromatic nitrogens is 1. The van der Waals surface area contributed by atoms with Crippen LogP contribution in [-0.2, 0) is 9.59 Å². The molecule has 3 aromatic rings. The highest BCUT2D eigenvalue weighted by Crippen LogP contribution is 2.45. The summed E-state index contributed by atoms with van der Waals surface area (Å²) in [5.74, 6) is -0.197. The molecule has 36 heavy (non-hydrogen) atoms. The van der Waals surface area contributed by atoms with Gasteiger partial charge in [0.05, 0.1) is 37.6 Å². The van der Waals surface area contributed by atoms with E-state index in [0.717, 1.165) is 10.6 Å². The van der Waals surface area contributed by atoms with Gasteiger partial charge in [-0.15, -0.1) is 11.3 Å². The van der Waals surface area contributed by atoms with Crippen molar-refractivity contribution in [3.8, 4) is 17.2 Å². The van der Waals surface area contributed by atoms with Crippen molar-refractivity contribution >= 4 is 33.9 Å². The number of aryl methyl sites for hydroxylation is 2. The third-order valence-electron chi connectivity index (χ3n) is 5.91. The van der Waals surface area contributed by atoms with Crippen molar-refractivity contribution in [1.29, 1.82) is 0 Å². The van der Waals surface area contributed by atoms with Crippen molar-refractivity contribution in [3.63, 3.8) is 0 Å². The highest BCUT2D eigenvalue weighted by molar-refractivity contribution is 7.16. The van der Waals surface area contributed by atoms with E-state index >= 15 is 0 Å². The molecule has 9 heteroatoms. The minimum absolute atomic E-state index is 0.0270. The molecule has 1 aliphatic rings. The number of methoxy groups -OCH3 is 1. The Morgan fingerprint density at radius 3 is 2.31 bits per heavy atom. The predicted octanol–water partition coefficient (Wildman–Crippen LogP) is 5.19. The molecule has 2 aromatic carbocycles. The van der Waals surface area contributed by atoms with E-state index in [0.29, 0.717) is 46.7 Å². The molecule has 1 amide bonds. The molecule has 0 radical (unpaired) electrons. The maximum Gasteiger partial charge on any atom is 0.301 e. The summed E-state index contributed by atoms with van der Waals surface area (Å²) in [7, 11) is 1.52. The SMILES string of the molecule is CCOc1ccc(C(O)=C2C(=O)C(=O)N(c3nc(C)c(C)s3)[C@H]2c2ccc(OCC)c(OC)c2)cc1. The van der Waals surface area contributed by atoms with Gasteiger partial charge in [-0.2, -0.15) is 0 Å². The first-order chi connectivity index (χ1) is 17.3. The summed E-state index contributed by atoms with van der Waals surface area (Å²) in [6.07, 6.45) is 0. The lowest BCUT2D eigenvalue weighted by molar-refractivity contribution is -0.132. The molecule has 1 aromatic heterocycles. The summed E-state index contributed by atoms with van der Waals surface area (Å²) in [6, 6.07) is 11.0. The van der Waals surface area contributed by atoms with E-state index < -0.39 is 17.7 Å². The van der Waals surface area contributed by atoms with Crippen molar-refractivity contribution in [2.45, 2.75) is 33.7 Å². The molecule has 1 fully saturated rings. The number of anilines is 1. The first-order valence-corrected chi connectivity index (χ1v) is 12.4. The standard InChI is InChI=1S/C27H28N2O6S/c1-6-34-19-11-8-17(9-12-19)24(30)22-23(18-10-13-20(35-7-2)21(14-18)33-5)29(26(32)25(22)31)27-28-15(3)16(4)36-27/h8-14,23,30H,6-7H2,1-5H3/t23-/m0/s1. The largest absolute Gasteiger partial charge is 0.507 e. The minimum Gasteiger partial charge on any atom is -0.507 e. The Kier molecular flexibility index (Phi) is 7.30. The number of benzene rings is 2. The first kappa shape index (κ1) is 25.2. The molecule has 1 saturated heterocycles. The van der Waals surface area contributed by atoms with Crippen LogP contribution in [0.15, 0.2) is 48.0 Å². The molecule has 0 bridgehead atoms. The maximum atomic E-state index is 13.4. The van der Waals surface area contributed by atoms with Gasteiger partial charge in [-0.3, -0.25) is 14.5 Å². The number of carbonyl (C=O) groups is 2. The second-order valence-corrected chi connectivity index (χ2v) is 9.29. The maximum absolute atomic E-state index is 13.4. The monoisotopic (exact) mass is 508 g/mol. The molecule has 0 saturated carbocycles. The fourth-order valence-electron chi connectivity index (χ4n) is 4.06. The number of hydrogen-bond acceptors (Lipinski definition) is 8. The quantitative estimate of drug-likeness (QED) is 0.254. The third kappa shape index (κ3) is 4.54. The number of carbonyl (C=O) groups excluding carboxylic acids is 2. The van der Waals surface area contributed by atoms with Crippen LogP contribution >= 0.6 is 11.3 Å². The summed E-state index contributed by atoms with van der Waals surface area (Å²) in [5, 5.41) is 11.7. The number of hydrogen-bond donors (Lipinski definition) is 1. The van der Waals surface area contributed by atoms with Gasteiger partial charge in [0.25, 0.3) is 5.78 Å². The lowest BCUT2D eigenvalue weighted by Gasteiger charge is -2.24. The van der Waals surface area contributed by atoms with Gasteiger partial charge < -0.3 is 19.3 Å². The van der Waals surface area contributed by atoms with Crippen LogP contribution in [0.2, 0.25) is 0 Å². The number of aliphatic hydroxyl groups excluding tert-OH is 1. The topological polar surface area (TPSA) is 98.2 Å². The zero-order chi connectivity index (χ0) is 26.0. The Balaban J connectivity index is 1.91. The Hall–Kier alpha value is -3.85. The molecule has 0 unspecified atom stereocenters. The van der Waals surface area contributed by atoms with E-state index in [4.69, 9.17) is 14.2 Å². The van der Waals surface area contributed by atoms with Crippen molar-refractivity contribution in [1.82, 2.24) is 4.98 Å². The van der Waals surface area contributed by atoms with Crippen LogP contribution in [0.25, 0.3) is 5.76 Å². The van der Waals surface area contributed by atoms with E-state index in [2.05, 4.69) is 4.98 Å². The highest BCUT2D eigenvalue weighted by Gasteiger charge is 2.48. The average molecular weight is 509 g/mol. The van der Waals surface area contributed by atoms with Gasteiger partial charge in [-0.05, 0) is 69.7 Å². The van der Waals surface area contributed by atoms with Crippen LogP contribution in [0.3, 0.4) is 0 Å². The summed E-state index contributed by atoms with van der Waals surface area (Å²) in [4.78, 5) is 33.5. The third-order valence-corrected chi connectivity index (χ3v) is 6.98. The fraction of sp³-hybridized carbons (Fsp3) is 0.296. The minimum atomic E-state index is -0.911. The molecular weight excluding hydrogens is 480 g/mol. The van der Waals surface area contributed by atoms with Gasteiger partial charge in [-0.1, -0.05) is 6.07 Å². The van der Waals surface area contributed by atoms with Gasteiger partial charge in [0.15, 0.2) is 16.6 Å². The lowest BCUT2D eigenvalue weighted by atomic mass is 9.95. The van der Waals surface area contributed by atoms with Gasteiger partial charge in [-0.25, -0.2) is 4.98 Å². The zero-order valence-electron chi connectivity index (χ0n) is 20.8. The molecule has 4 rings (SSSR count). The van der Waals surface area contributed by atoms with Gasteiger partial charge in [0.2, 0.25) is 0 Å². The zero-order valence-corrected chi connectivity index (χ0v) is 21.6. The van der Waals surface area contributed by atoms with Crippen LogP contribution in [0.4, 0.5) is 5.13 Å². The van der Waals surface area contributed by atoms with Crippen molar-refractivity contribution in [2.24, 2.45) is 0 Å². The highest BCUT2D eigenvalue weighted by atomic mass is 32.1. The van der Waals surface area contributed by atoms with Crippen LogP contribution in [0.1, 0.15) is 41.6 Å². The number of nitrogens with zero attached hydrogens (tertiary/aromatic N) is 2. The summed E-state index contributed by atoms with van der Waals surface area (Å²) in [5.41, 5.74) is 1.71. The fourth-order valence-corrected chi connectivity index (χ4v) is 5.00. The van der Waals surface area contributed by atoms with Crippen molar-refractivity contribution in [3.05, 3.63) is 69.7 Å². The number of rotatable bonds is 8. The van der Waals surface area contributed by atoms with Crippen molar-refractivity contribution < 1.29 is 28.9 Å². The predicted molar refractivity (Wildman–Crippen MR) is 138 cm³/mol. The number of Topliss-reactive ketones (excluding diaryl/α,β-unsaturated/α-hetero) is 1. The number of ether oxygens (including phenoxy) is 3. The Morgan fingerprint density at radius 2 is 1.72 bits per heavy atom. The van der Waals surface area contributed by atoms with E-state index in [1.165, 1.54) is 23.3 Å². The van der Waals surface area contributed by atoms with Crippen LogP contribution in [0, 0.1) is 13.8 Å². The Bertz CT molecular complexity index is 1310. The summed E-state index contributed by atoms with van der Waals surface area (Å²) in [6.45, 7) is 8.45. The second kappa shape index (κ2) is 10.4. The second-order valence-electron chi connectivity index (χ2n) is 8.11. The molecule has 188 valence electrons. The lowest BCUT2D eigenvalue weighted by Crippen LogP contribution is -2.29. The number of ketones is 1. The van der Waals surface area contributed by atoms with E-state index in [1.807, 2.05) is 27.7 Å². The molecular formula is C27H28N2O6S. The molecule has 1 aliphatic heterocycles. The Labute approximate surface area is 213 Å². The Morgan fingerprint density at radius 1 is 1.03 bits per heavy atom. The first-order valence-electron chi connectivity index (χ1n) is 11.6. The average Bonchev–Trinajstić information content (AvgIpc) is 3.34. The van der Waals surface area contributed by atoms with Crippen LogP contribution in [0.5, 0.6) is 17.2 Å². The van der Waals surface area contributed by atoms with Crippen LogP contribution < -0.4 is 19.1 Å². The normalized spacial score (nSPS) is 16.9. The van der Waals surface area contributed by atoms with Gasteiger partial charge in [0.1, 0.15) is 11.5 Å². The molecule has 0 aliphatic carbocycles. The number of amides is 1. The molecule has 0 spiro atoms. The summed E-state index contributed by atoms with van der Waals surface area (Å²) >= 11 is 1.32. The van der Waals surface area contributed by atoms with E-state index in [-0.39, 0.29) is 11.3 Å². The molecule has 1 atom stereocenters. The number of thiazole rings is 1.